The topological polar surface area (TPSA) is 46.5 Å². The van der Waals surface area contributed by atoms with Crippen LogP contribution in [-0.2, 0) is 0 Å². The largest absolute Gasteiger partial charge is 0.319 e. The second-order valence-electron chi connectivity index (χ2n) is 3.71. The van der Waals surface area contributed by atoms with Gasteiger partial charge >= 0.3 is 0 Å². The molecule has 0 amide bonds. The molecule has 3 aromatic rings. The molecule has 0 atom stereocenters. The van der Waals surface area contributed by atoms with E-state index in [1.165, 1.54) is 11.8 Å². The highest BCUT2D eigenvalue weighted by Crippen LogP contribution is 2.19. The lowest BCUT2D eigenvalue weighted by molar-refractivity contribution is 0.876. The fourth-order valence-electron chi connectivity index (χ4n) is 1.77. The van der Waals surface area contributed by atoms with Crippen LogP contribution in [0.3, 0.4) is 0 Å². The predicted molar refractivity (Wildman–Crippen MR) is 75.8 cm³/mol. The van der Waals surface area contributed by atoms with Gasteiger partial charge in [-0.25, -0.2) is 9.67 Å². The van der Waals surface area contributed by atoms with Gasteiger partial charge in [0, 0.05) is 0 Å². The molecule has 0 spiro atoms. The Kier molecular flexibility index (Phi) is 2.89. The van der Waals surface area contributed by atoms with Gasteiger partial charge in [0.05, 0.1) is 17.3 Å². The molecule has 0 bridgehead atoms. The maximum absolute atomic E-state index is 5.27. The number of nitrogens with one attached hydrogen (secondary N) is 1. The van der Waals surface area contributed by atoms with E-state index >= 15 is 0 Å². The number of rotatable bonds is 2. The molecule has 0 aliphatic rings. The van der Waals surface area contributed by atoms with Crippen LogP contribution in [-0.4, -0.2) is 26.0 Å². The molecule has 0 aliphatic carbocycles. The van der Waals surface area contributed by atoms with E-state index in [0.717, 1.165) is 21.9 Å². The monoisotopic (exact) mass is 274 g/mol. The summed E-state index contributed by atoms with van der Waals surface area (Å²) in [6.07, 6.45) is 3.71. The van der Waals surface area contributed by atoms with E-state index in [0.29, 0.717) is 4.64 Å². The van der Waals surface area contributed by atoms with Crippen LogP contribution in [0, 0.1) is 4.64 Å². The zero-order chi connectivity index (χ0) is 12.5. The average molecular weight is 274 g/mol. The molecule has 1 aromatic carbocycles. The molecule has 6 heteroatoms. The van der Waals surface area contributed by atoms with Crippen molar-refractivity contribution in [3.05, 3.63) is 41.2 Å². The summed E-state index contributed by atoms with van der Waals surface area (Å²) in [6, 6.07) is 9.94. The molecular weight excluding hydrogens is 264 g/mol. The van der Waals surface area contributed by atoms with E-state index in [-0.39, 0.29) is 0 Å². The minimum Gasteiger partial charge on any atom is -0.319 e. The van der Waals surface area contributed by atoms with Crippen molar-refractivity contribution in [3.8, 4) is 5.69 Å². The second-order valence-corrected chi connectivity index (χ2v) is 4.89. The van der Waals surface area contributed by atoms with Gasteiger partial charge in [0.1, 0.15) is 10.3 Å². The van der Waals surface area contributed by atoms with Crippen molar-refractivity contribution in [3.63, 3.8) is 0 Å². The van der Waals surface area contributed by atoms with Gasteiger partial charge in [-0.1, -0.05) is 42.2 Å². The molecule has 1 N–H and O–H groups in total. The first kappa shape index (κ1) is 11.4. The van der Waals surface area contributed by atoms with Gasteiger partial charge in [-0.3, -0.25) is 0 Å². The highest BCUT2D eigenvalue weighted by molar-refractivity contribution is 7.98. The van der Waals surface area contributed by atoms with Gasteiger partial charge in [0.15, 0.2) is 5.16 Å². The first-order valence-corrected chi connectivity index (χ1v) is 7.00. The lowest BCUT2D eigenvalue weighted by Gasteiger charge is -2.04. The van der Waals surface area contributed by atoms with E-state index < -0.39 is 0 Å². The molecule has 0 radical (unpaired) electrons. The van der Waals surface area contributed by atoms with Gasteiger partial charge in [-0.15, -0.1) is 0 Å². The summed E-state index contributed by atoms with van der Waals surface area (Å²) in [5.41, 5.74) is 1.88. The molecule has 0 saturated heterocycles. The second kappa shape index (κ2) is 4.55. The van der Waals surface area contributed by atoms with Crippen LogP contribution in [0.4, 0.5) is 0 Å². The Morgan fingerprint density at radius 3 is 2.78 bits per heavy atom. The van der Waals surface area contributed by atoms with Crippen LogP contribution in [0.2, 0.25) is 0 Å². The third-order valence-electron chi connectivity index (χ3n) is 2.62. The van der Waals surface area contributed by atoms with Crippen molar-refractivity contribution in [2.24, 2.45) is 0 Å². The first-order valence-electron chi connectivity index (χ1n) is 5.37. The number of nitrogens with zero attached hydrogens (tertiary/aromatic N) is 3. The number of para-hydroxylation sites is 1. The SMILES string of the molecule is CSc1nc(=S)c2cnn(-c3ccccc3)c2[nH]1. The van der Waals surface area contributed by atoms with E-state index in [2.05, 4.69) is 15.1 Å². The van der Waals surface area contributed by atoms with E-state index in [9.17, 15) is 0 Å². The van der Waals surface area contributed by atoms with Crippen LogP contribution < -0.4 is 0 Å². The quantitative estimate of drug-likeness (QED) is 0.443. The van der Waals surface area contributed by atoms with Crippen LogP contribution in [0.15, 0.2) is 41.7 Å². The Bertz CT molecular complexity index is 746. The number of aromatic nitrogens is 4. The van der Waals surface area contributed by atoms with Gasteiger partial charge < -0.3 is 4.98 Å². The van der Waals surface area contributed by atoms with E-state index in [1.54, 1.807) is 6.20 Å². The minimum atomic E-state index is 0.579. The Morgan fingerprint density at radius 1 is 1.28 bits per heavy atom. The fourth-order valence-corrected chi connectivity index (χ4v) is 2.45. The van der Waals surface area contributed by atoms with Crippen molar-refractivity contribution in [2.45, 2.75) is 5.16 Å². The van der Waals surface area contributed by atoms with Crippen LogP contribution in [0.25, 0.3) is 16.7 Å². The van der Waals surface area contributed by atoms with Gasteiger partial charge in [-0.05, 0) is 18.4 Å². The molecule has 0 saturated carbocycles. The lowest BCUT2D eigenvalue weighted by atomic mass is 10.3. The van der Waals surface area contributed by atoms with Gasteiger partial charge in [0.25, 0.3) is 0 Å². The highest BCUT2D eigenvalue weighted by Gasteiger charge is 2.08. The number of benzene rings is 1. The van der Waals surface area contributed by atoms with Crippen molar-refractivity contribution >= 4 is 35.0 Å². The zero-order valence-corrected chi connectivity index (χ0v) is 11.3. The molecule has 2 aromatic heterocycles. The van der Waals surface area contributed by atoms with Crippen molar-refractivity contribution < 1.29 is 0 Å². The smallest absolute Gasteiger partial charge is 0.168 e. The predicted octanol–water partition coefficient (Wildman–Crippen LogP) is 3.20. The van der Waals surface area contributed by atoms with Crippen molar-refractivity contribution in [1.29, 1.82) is 0 Å². The summed E-state index contributed by atoms with van der Waals surface area (Å²) >= 11 is 6.80. The molecule has 18 heavy (non-hydrogen) atoms. The summed E-state index contributed by atoms with van der Waals surface area (Å²) in [4.78, 5) is 7.55. The first-order chi connectivity index (χ1) is 8.79. The minimum absolute atomic E-state index is 0.579. The number of aromatic amines is 1. The lowest BCUT2D eigenvalue weighted by Crippen LogP contribution is -1.98. The average Bonchev–Trinajstić information content (AvgIpc) is 2.84. The molecule has 2 heterocycles. The summed E-state index contributed by atoms with van der Waals surface area (Å²) in [5, 5.41) is 6.04. The molecular formula is C12H10N4S2. The Balaban J connectivity index is 2.32. The van der Waals surface area contributed by atoms with Crippen LogP contribution >= 0.6 is 24.0 Å². The maximum atomic E-state index is 5.27. The third-order valence-corrected chi connectivity index (χ3v) is 3.51. The number of thioether (sulfide) groups is 1. The zero-order valence-electron chi connectivity index (χ0n) is 9.62. The number of hydrogen-bond donors (Lipinski definition) is 1. The van der Waals surface area contributed by atoms with Crippen LogP contribution in [0.5, 0.6) is 0 Å². The highest BCUT2D eigenvalue weighted by atomic mass is 32.2. The molecule has 4 nitrogen and oxygen atoms in total. The van der Waals surface area contributed by atoms with Gasteiger partial charge in [0.2, 0.25) is 0 Å². The number of hydrogen-bond acceptors (Lipinski definition) is 4. The van der Waals surface area contributed by atoms with E-state index in [1.807, 2.05) is 41.3 Å². The summed E-state index contributed by atoms with van der Waals surface area (Å²) in [6.45, 7) is 0. The Labute approximate surface area is 113 Å². The Morgan fingerprint density at radius 2 is 2.06 bits per heavy atom. The summed E-state index contributed by atoms with van der Waals surface area (Å²) in [5.74, 6) is 0. The standard InChI is InChI=1S/C12H10N4S2/c1-18-12-14-10-9(11(17)15-12)7-13-16(10)8-5-3-2-4-6-8/h2-7H,1H3,(H,14,15,17). The third kappa shape index (κ3) is 1.83. The van der Waals surface area contributed by atoms with Gasteiger partial charge in [-0.2, -0.15) is 5.10 Å². The number of H-pyrrole nitrogens is 1. The van der Waals surface area contributed by atoms with Crippen molar-refractivity contribution in [1.82, 2.24) is 19.7 Å². The normalized spacial score (nSPS) is 10.9. The maximum Gasteiger partial charge on any atom is 0.168 e. The summed E-state index contributed by atoms with van der Waals surface area (Å²) in [7, 11) is 0. The molecule has 3 rings (SSSR count). The van der Waals surface area contributed by atoms with E-state index in [4.69, 9.17) is 12.2 Å². The summed E-state index contributed by atoms with van der Waals surface area (Å²) < 4.78 is 2.42. The van der Waals surface area contributed by atoms with Crippen molar-refractivity contribution in [2.75, 3.05) is 6.26 Å². The van der Waals surface area contributed by atoms with Crippen LogP contribution in [0.1, 0.15) is 0 Å². The molecule has 0 fully saturated rings. The molecule has 0 unspecified atom stereocenters. The molecule has 90 valence electrons. The molecule has 0 aliphatic heterocycles. The Hall–Kier alpha value is -1.66. The number of fused-ring (bicyclic) bond motifs is 1. The fraction of sp³-hybridized carbons (Fsp3) is 0.0833.